The first-order valence-corrected chi connectivity index (χ1v) is 5.54. The molecule has 20 heavy (non-hydrogen) atoms. The van der Waals surface area contributed by atoms with Gasteiger partial charge < -0.3 is 10.1 Å². The molecule has 7 nitrogen and oxygen atoms in total. The summed E-state index contributed by atoms with van der Waals surface area (Å²) < 4.78 is 13.9. The third kappa shape index (κ3) is 1.83. The number of hydrogen-bond acceptors (Lipinski definition) is 4. The summed E-state index contributed by atoms with van der Waals surface area (Å²) in [6.07, 6.45) is 1.42. The molecular formula is C12H7FN4O3. The molecule has 0 saturated heterocycles. The molecule has 0 atom stereocenters. The molecule has 0 saturated carbocycles. The zero-order valence-electron chi connectivity index (χ0n) is 9.87. The molecule has 2 aromatic heterocycles. The lowest BCUT2D eigenvalue weighted by Crippen LogP contribution is -2.13. The summed E-state index contributed by atoms with van der Waals surface area (Å²) in [6.45, 7) is 0. The Morgan fingerprint density at radius 2 is 2.00 bits per heavy atom. The first-order chi connectivity index (χ1) is 9.56. The molecular weight excluding hydrogens is 267 g/mol. The van der Waals surface area contributed by atoms with E-state index in [2.05, 4.69) is 15.3 Å². The van der Waals surface area contributed by atoms with E-state index in [0.29, 0.717) is 11.3 Å². The van der Waals surface area contributed by atoms with Crippen molar-refractivity contribution < 1.29 is 14.3 Å². The van der Waals surface area contributed by atoms with Gasteiger partial charge in [0.2, 0.25) is 5.69 Å². The quantitative estimate of drug-likeness (QED) is 0.723. The van der Waals surface area contributed by atoms with Crippen LogP contribution in [0.5, 0.6) is 0 Å². The molecule has 0 aliphatic heterocycles. The summed E-state index contributed by atoms with van der Waals surface area (Å²) >= 11 is 0. The van der Waals surface area contributed by atoms with E-state index in [4.69, 9.17) is 5.11 Å². The first-order valence-electron chi connectivity index (χ1n) is 5.54. The molecule has 0 spiro atoms. The fourth-order valence-corrected chi connectivity index (χ4v) is 1.85. The molecule has 8 heteroatoms. The number of hydrogen-bond donors (Lipinski definition) is 2. The molecule has 3 rings (SSSR count). The number of aromatic nitrogens is 4. The van der Waals surface area contributed by atoms with E-state index in [1.54, 1.807) is 0 Å². The number of rotatable bonds is 2. The molecule has 0 aliphatic carbocycles. The first kappa shape index (κ1) is 12.0. The van der Waals surface area contributed by atoms with Crippen LogP contribution in [0.25, 0.3) is 16.8 Å². The van der Waals surface area contributed by atoms with Crippen LogP contribution in [0.15, 0.2) is 35.3 Å². The lowest BCUT2D eigenvalue weighted by Gasteiger charge is -2.02. The standard InChI is InChI=1S/C12H7FN4O3/c13-7-3-1-6(2-4-7)8-5-17-10(11(18)14-8)9(12(19)20)15-16-17/h1-5H,(H,14,18)(H,19,20). The number of H-pyrrole nitrogens is 1. The minimum absolute atomic E-state index is 0.150. The van der Waals surface area contributed by atoms with Gasteiger partial charge in [0, 0.05) is 0 Å². The van der Waals surface area contributed by atoms with Gasteiger partial charge in [-0.25, -0.2) is 13.7 Å². The Bertz CT molecular complexity index is 867. The van der Waals surface area contributed by atoms with E-state index < -0.39 is 23.0 Å². The second-order valence-electron chi connectivity index (χ2n) is 4.04. The molecule has 2 heterocycles. The number of benzene rings is 1. The summed E-state index contributed by atoms with van der Waals surface area (Å²) in [7, 11) is 0. The van der Waals surface area contributed by atoms with E-state index in [1.165, 1.54) is 30.5 Å². The van der Waals surface area contributed by atoms with Gasteiger partial charge in [0.05, 0.1) is 11.9 Å². The smallest absolute Gasteiger partial charge is 0.358 e. The van der Waals surface area contributed by atoms with Gasteiger partial charge in [-0.2, -0.15) is 0 Å². The number of halogens is 1. The fourth-order valence-electron chi connectivity index (χ4n) is 1.85. The van der Waals surface area contributed by atoms with Crippen LogP contribution >= 0.6 is 0 Å². The lowest BCUT2D eigenvalue weighted by atomic mass is 10.1. The number of carboxylic acids is 1. The Kier molecular flexibility index (Phi) is 2.56. The number of carboxylic acid groups (broad SMARTS) is 1. The van der Waals surface area contributed by atoms with Crippen LogP contribution in [-0.4, -0.2) is 30.9 Å². The minimum Gasteiger partial charge on any atom is -0.476 e. The zero-order chi connectivity index (χ0) is 14.3. The van der Waals surface area contributed by atoms with Crippen molar-refractivity contribution in [2.45, 2.75) is 0 Å². The van der Waals surface area contributed by atoms with Crippen LogP contribution in [0.1, 0.15) is 10.5 Å². The summed E-state index contributed by atoms with van der Waals surface area (Å²) in [5, 5.41) is 15.9. The van der Waals surface area contributed by atoms with E-state index >= 15 is 0 Å². The molecule has 1 aromatic carbocycles. The van der Waals surface area contributed by atoms with Crippen molar-refractivity contribution in [2.24, 2.45) is 0 Å². The van der Waals surface area contributed by atoms with Crippen molar-refractivity contribution in [1.29, 1.82) is 0 Å². The van der Waals surface area contributed by atoms with Crippen molar-refractivity contribution in [2.75, 3.05) is 0 Å². The maximum atomic E-state index is 12.9. The largest absolute Gasteiger partial charge is 0.476 e. The van der Waals surface area contributed by atoms with Crippen LogP contribution in [0, 0.1) is 5.82 Å². The van der Waals surface area contributed by atoms with E-state index in [-0.39, 0.29) is 5.52 Å². The van der Waals surface area contributed by atoms with Gasteiger partial charge in [0.15, 0.2) is 5.52 Å². The molecule has 0 aliphatic rings. The molecule has 0 unspecified atom stereocenters. The highest BCUT2D eigenvalue weighted by Crippen LogP contribution is 2.16. The second-order valence-corrected chi connectivity index (χ2v) is 4.04. The number of carbonyl (C=O) groups is 1. The Balaban J connectivity index is 2.23. The van der Waals surface area contributed by atoms with Gasteiger partial charge in [-0.05, 0) is 29.8 Å². The molecule has 0 radical (unpaired) electrons. The van der Waals surface area contributed by atoms with E-state index in [1.807, 2.05) is 0 Å². The van der Waals surface area contributed by atoms with Gasteiger partial charge >= 0.3 is 5.97 Å². The van der Waals surface area contributed by atoms with Crippen molar-refractivity contribution in [3.05, 3.63) is 52.3 Å². The van der Waals surface area contributed by atoms with Crippen LogP contribution < -0.4 is 5.56 Å². The summed E-state index contributed by atoms with van der Waals surface area (Å²) in [6, 6.07) is 5.48. The van der Waals surface area contributed by atoms with Crippen LogP contribution in [0.2, 0.25) is 0 Å². The molecule has 0 bridgehead atoms. The molecule has 2 N–H and O–H groups in total. The molecule has 0 fully saturated rings. The van der Waals surface area contributed by atoms with Crippen molar-refractivity contribution in [3.63, 3.8) is 0 Å². The summed E-state index contributed by atoms with van der Waals surface area (Å²) in [5.74, 6) is -1.73. The van der Waals surface area contributed by atoms with E-state index in [0.717, 1.165) is 4.52 Å². The summed E-state index contributed by atoms with van der Waals surface area (Å²) in [5.41, 5.74) is -0.253. The molecule has 100 valence electrons. The van der Waals surface area contributed by atoms with Crippen molar-refractivity contribution in [1.82, 2.24) is 19.8 Å². The maximum absolute atomic E-state index is 12.9. The lowest BCUT2D eigenvalue weighted by molar-refractivity contribution is 0.0692. The average Bonchev–Trinajstić information content (AvgIpc) is 2.84. The van der Waals surface area contributed by atoms with Crippen molar-refractivity contribution in [3.8, 4) is 11.3 Å². The third-order valence-electron chi connectivity index (χ3n) is 2.77. The Morgan fingerprint density at radius 3 is 2.65 bits per heavy atom. The Hall–Kier alpha value is -3.03. The average molecular weight is 274 g/mol. The second kappa shape index (κ2) is 4.26. The van der Waals surface area contributed by atoms with Gasteiger partial charge in [0.1, 0.15) is 5.82 Å². The highest BCUT2D eigenvalue weighted by atomic mass is 19.1. The fraction of sp³-hybridized carbons (Fsp3) is 0. The maximum Gasteiger partial charge on any atom is 0.358 e. The zero-order valence-corrected chi connectivity index (χ0v) is 9.87. The van der Waals surface area contributed by atoms with Crippen LogP contribution in [0.3, 0.4) is 0 Å². The highest BCUT2D eigenvalue weighted by Gasteiger charge is 2.17. The van der Waals surface area contributed by atoms with Crippen LogP contribution in [0.4, 0.5) is 4.39 Å². The Labute approximate surface area is 110 Å². The molecule has 0 amide bonds. The van der Waals surface area contributed by atoms with Gasteiger partial charge in [-0.3, -0.25) is 4.79 Å². The predicted molar refractivity (Wildman–Crippen MR) is 66.0 cm³/mol. The monoisotopic (exact) mass is 274 g/mol. The number of aromatic carboxylic acids is 1. The van der Waals surface area contributed by atoms with Crippen molar-refractivity contribution >= 4 is 11.5 Å². The van der Waals surface area contributed by atoms with Crippen LogP contribution in [-0.2, 0) is 0 Å². The predicted octanol–water partition coefficient (Wildman–Crippen LogP) is 0.922. The van der Waals surface area contributed by atoms with E-state index in [9.17, 15) is 14.0 Å². The number of fused-ring (bicyclic) bond motifs is 1. The Morgan fingerprint density at radius 1 is 1.30 bits per heavy atom. The summed E-state index contributed by atoms with van der Waals surface area (Å²) in [4.78, 5) is 25.4. The van der Waals surface area contributed by atoms with Gasteiger partial charge in [-0.1, -0.05) is 5.21 Å². The molecule has 3 aromatic rings. The van der Waals surface area contributed by atoms with Gasteiger partial charge in [0.25, 0.3) is 5.56 Å². The minimum atomic E-state index is -1.33. The normalized spacial score (nSPS) is 10.8. The van der Waals surface area contributed by atoms with Gasteiger partial charge in [-0.15, -0.1) is 5.10 Å². The topological polar surface area (TPSA) is 100 Å². The number of nitrogens with one attached hydrogen (secondary N) is 1. The highest BCUT2D eigenvalue weighted by molar-refractivity contribution is 5.92. The number of nitrogens with zero attached hydrogens (tertiary/aromatic N) is 3. The number of aromatic amines is 1. The third-order valence-corrected chi connectivity index (χ3v) is 2.77. The SMILES string of the molecule is O=C(O)c1nnn2cc(-c3ccc(F)cc3)[nH]c(=O)c12.